The second-order valence-corrected chi connectivity index (χ2v) is 6.92. The summed E-state index contributed by atoms with van der Waals surface area (Å²) in [5, 5.41) is 13.8. The number of hydrogen-bond donors (Lipinski definition) is 3. The molecule has 0 aliphatic heterocycles. The van der Waals surface area contributed by atoms with Gasteiger partial charge in [-0.2, -0.15) is 0 Å². The van der Waals surface area contributed by atoms with Crippen LogP contribution in [-0.2, 0) is 19.3 Å². The minimum absolute atomic E-state index is 0.147. The lowest BCUT2D eigenvalue weighted by molar-refractivity contribution is 0.0912. The van der Waals surface area contributed by atoms with Crippen molar-refractivity contribution in [1.29, 1.82) is 0 Å². The Kier molecular flexibility index (Phi) is 4.81. The van der Waals surface area contributed by atoms with Crippen molar-refractivity contribution in [3.05, 3.63) is 58.9 Å². The molecule has 6 heteroatoms. The van der Waals surface area contributed by atoms with E-state index < -0.39 is 6.04 Å². The van der Waals surface area contributed by atoms with E-state index >= 15 is 0 Å². The molecule has 27 heavy (non-hydrogen) atoms. The maximum atomic E-state index is 12.8. The first kappa shape index (κ1) is 17.5. The number of aromatic nitrogens is 2. The van der Waals surface area contributed by atoms with Gasteiger partial charge in [-0.3, -0.25) is 4.79 Å². The molecule has 0 spiro atoms. The van der Waals surface area contributed by atoms with Gasteiger partial charge in [0, 0.05) is 22.8 Å². The standard InChI is InChI=1S/C21H23N3O3/c1-27-21-17(10-13-5-4-8-18(13)24-21)20(26)23-15(12-25)9-14-11-22-19-7-3-2-6-16(14)19/h2-3,6-7,10-11,15,22,25H,4-5,8-9,12H2,1H3,(H,23,26)/t15-/m0/s1. The number of aromatic amines is 1. The zero-order chi connectivity index (χ0) is 18.8. The van der Waals surface area contributed by atoms with E-state index in [1.54, 1.807) is 0 Å². The van der Waals surface area contributed by atoms with Crippen molar-refractivity contribution in [3.63, 3.8) is 0 Å². The van der Waals surface area contributed by atoms with E-state index in [0.717, 1.165) is 47.0 Å². The van der Waals surface area contributed by atoms with Crippen LogP contribution in [0.1, 0.15) is 33.6 Å². The molecule has 0 saturated heterocycles. The lowest BCUT2D eigenvalue weighted by atomic mass is 10.0. The molecule has 1 aliphatic carbocycles. The number of pyridine rings is 1. The van der Waals surface area contributed by atoms with Crippen LogP contribution in [0.25, 0.3) is 10.9 Å². The largest absolute Gasteiger partial charge is 0.480 e. The summed E-state index contributed by atoms with van der Waals surface area (Å²) >= 11 is 0. The maximum absolute atomic E-state index is 12.8. The summed E-state index contributed by atoms with van der Waals surface area (Å²) in [6.45, 7) is -0.147. The Morgan fingerprint density at radius 2 is 2.22 bits per heavy atom. The summed E-state index contributed by atoms with van der Waals surface area (Å²) < 4.78 is 5.33. The minimum Gasteiger partial charge on any atom is -0.480 e. The highest BCUT2D eigenvalue weighted by atomic mass is 16.5. The zero-order valence-corrected chi connectivity index (χ0v) is 15.3. The molecular formula is C21H23N3O3. The Bertz CT molecular complexity index is 980. The first-order chi connectivity index (χ1) is 13.2. The summed E-state index contributed by atoms with van der Waals surface area (Å²) in [7, 11) is 1.52. The lowest BCUT2D eigenvalue weighted by Crippen LogP contribution is -2.39. The smallest absolute Gasteiger partial charge is 0.257 e. The van der Waals surface area contributed by atoms with Gasteiger partial charge in [-0.15, -0.1) is 0 Å². The van der Waals surface area contributed by atoms with Gasteiger partial charge in [0.15, 0.2) is 0 Å². The fourth-order valence-corrected chi connectivity index (χ4v) is 3.76. The molecule has 1 amide bonds. The van der Waals surface area contributed by atoms with Crippen LogP contribution >= 0.6 is 0 Å². The second-order valence-electron chi connectivity index (χ2n) is 6.92. The molecule has 140 valence electrons. The highest BCUT2D eigenvalue weighted by Gasteiger charge is 2.23. The average Bonchev–Trinajstić information content (AvgIpc) is 3.32. The highest BCUT2D eigenvalue weighted by molar-refractivity contribution is 5.97. The monoisotopic (exact) mass is 365 g/mol. The molecule has 0 fully saturated rings. The molecule has 0 saturated carbocycles. The Balaban J connectivity index is 1.54. The summed E-state index contributed by atoms with van der Waals surface area (Å²) in [6.07, 6.45) is 5.37. The third-order valence-electron chi connectivity index (χ3n) is 5.15. The Hall–Kier alpha value is -2.86. The van der Waals surface area contributed by atoms with Gasteiger partial charge in [0.1, 0.15) is 5.56 Å². The Labute approximate surface area is 157 Å². The number of rotatable bonds is 6. The van der Waals surface area contributed by atoms with Crippen LogP contribution in [0.5, 0.6) is 5.88 Å². The van der Waals surface area contributed by atoms with E-state index in [-0.39, 0.29) is 12.5 Å². The predicted molar refractivity (Wildman–Crippen MR) is 103 cm³/mol. The van der Waals surface area contributed by atoms with E-state index in [0.29, 0.717) is 17.9 Å². The van der Waals surface area contributed by atoms with Crippen molar-refractivity contribution in [2.45, 2.75) is 31.7 Å². The Morgan fingerprint density at radius 3 is 3.04 bits per heavy atom. The fraction of sp³-hybridized carbons (Fsp3) is 0.333. The SMILES string of the molecule is COc1nc2c(cc1C(=O)N[C@H](CO)Cc1c[nH]c3ccccc13)CCC2. The normalized spacial score (nSPS) is 14.1. The maximum Gasteiger partial charge on any atom is 0.257 e. The molecule has 4 rings (SSSR count). The summed E-state index contributed by atoms with van der Waals surface area (Å²) in [4.78, 5) is 20.6. The van der Waals surface area contributed by atoms with Gasteiger partial charge < -0.3 is 20.1 Å². The number of amides is 1. The molecule has 3 N–H and O–H groups in total. The first-order valence-corrected chi connectivity index (χ1v) is 9.23. The number of carbonyl (C=O) groups is 1. The third-order valence-corrected chi connectivity index (χ3v) is 5.15. The van der Waals surface area contributed by atoms with E-state index in [1.165, 1.54) is 7.11 Å². The van der Waals surface area contributed by atoms with Crippen molar-refractivity contribution in [1.82, 2.24) is 15.3 Å². The topological polar surface area (TPSA) is 87.2 Å². The van der Waals surface area contributed by atoms with Gasteiger partial charge >= 0.3 is 0 Å². The van der Waals surface area contributed by atoms with Crippen molar-refractivity contribution >= 4 is 16.8 Å². The van der Waals surface area contributed by atoms with Crippen molar-refractivity contribution in [2.24, 2.45) is 0 Å². The number of nitrogens with zero attached hydrogens (tertiary/aromatic N) is 1. The first-order valence-electron chi connectivity index (χ1n) is 9.23. The van der Waals surface area contributed by atoms with Crippen LogP contribution in [0.3, 0.4) is 0 Å². The lowest BCUT2D eigenvalue weighted by Gasteiger charge is -2.17. The fourth-order valence-electron chi connectivity index (χ4n) is 3.76. The Morgan fingerprint density at radius 1 is 1.37 bits per heavy atom. The molecule has 0 unspecified atom stereocenters. The van der Waals surface area contributed by atoms with Gasteiger partial charge in [-0.25, -0.2) is 4.98 Å². The second kappa shape index (κ2) is 7.40. The van der Waals surface area contributed by atoms with Gasteiger partial charge in [0.2, 0.25) is 5.88 Å². The van der Waals surface area contributed by atoms with Crippen LogP contribution in [0.15, 0.2) is 36.5 Å². The molecular weight excluding hydrogens is 342 g/mol. The number of para-hydroxylation sites is 1. The molecule has 3 aromatic rings. The van der Waals surface area contributed by atoms with Gasteiger partial charge in [-0.1, -0.05) is 18.2 Å². The van der Waals surface area contributed by atoms with Gasteiger partial charge in [0.05, 0.1) is 19.8 Å². The quantitative estimate of drug-likeness (QED) is 0.626. The predicted octanol–water partition coefficient (Wildman–Crippen LogP) is 2.39. The van der Waals surface area contributed by atoms with Crippen LogP contribution in [0, 0.1) is 0 Å². The minimum atomic E-state index is -0.394. The number of H-pyrrole nitrogens is 1. The number of hydrogen-bond acceptors (Lipinski definition) is 4. The number of aryl methyl sites for hydroxylation is 2. The van der Waals surface area contributed by atoms with Crippen LogP contribution in [-0.4, -0.2) is 40.7 Å². The summed E-state index contributed by atoms with van der Waals surface area (Å²) in [5.41, 5.74) is 4.65. The average molecular weight is 365 g/mol. The zero-order valence-electron chi connectivity index (χ0n) is 15.3. The number of nitrogens with one attached hydrogen (secondary N) is 2. The molecule has 2 aromatic heterocycles. The molecule has 1 atom stereocenters. The number of ether oxygens (including phenoxy) is 1. The molecule has 6 nitrogen and oxygen atoms in total. The van der Waals surface area contributed by atoms with E-state index in [1.807, 2.05) is 36.5 Å². The van der Waals surface area contributed by atoms with E-state index in [9.17, 15) is 9.90 Å². The number of aliphatic hydroxyl groups excluding tert-OH is 1. The van der Waals surface area contributed by atoms with Crippen LogP contribution in [0.4, 0.5) is 0 Å². The number of aliphatic hydroxyl groups is 1. The van der Waals surface area contributed by atoms with Crippen molar-refractivity contribution in [2.75, 3.05) is 13.7 Å². The molecule has 0 radical (unpaired) electrons. The van der Waals surface area contributed by atoms with Crippen LogP contribution in [0.2, 0.25) is 0 Å². The summed E-state index contributed by atoms with van der Waals surface area (Å²) in [5.74, 6) is 0.0740. The molecule has 1 aliphatic rings. The van der Waals surface area contributed by atoms with Crippen molar-refractivity contribution < 1.29 is 14.6 Å². The number of fused-ring (bicyclic) bond motifs is 2. The molecule has 0 bridgehead atoms. The van der Waals surface area contributed by atoms with Gasteiger partial charge in [-0.05, 0) is 48.9 Å². The number of carbonyl (C=O) groups excluding carboxylic acids is 1. The van der Waals surface area contributed by atoms with Crippen LogP contribution < -0.4 is 10.1 Å². The van der Waals surface area contributed by atoms with E-state index in [4.69, 9.17) is 4.74 Å². The third kappa shape index (κ3) is 3.40. The van der Waals surface area contributed by atoms with E-state index in [2.05, 4.69) is 15.3 Å². The highest BCUT2D eigenvalue weighted by Crippen LogP contribution is 2.26. The molecule has 1 aromatic carbocycles. The summed E-state index contributed by atoms with van der Waals surface area (Å²) in [6, 6.07) is 9.48. The number of methoxy groups -OCH3 is 1. The number of benzene rings is 1. The molecule has 2 heterocycles. The van der Waals surface area contributed by atoms with Gasteiger partial charge in [0.25, 0.3) is 5.91 Å². The van der Waals surface area contributed by atoms with Crippen molar-refractivity contribution in [3.8, 4) is 5.88 Å².